The van der Waals surface area contributed by atoms with Crippen LogP contribution in [0, 0.1) is 19.7 Å². The maximum atomic E-state index is 13.3. The Hall–Kier alpha value is -3.81. The molecule has 7 nitrogen and oxygen atoms in total. The standard InChI is InChI=1S/C25H25FN2O5/c1-16-11-21(17(2)33-16)25(30)28(14-18-3-6-20(26)7-4-18)10-9-24(29)27-13-19-5-8-22-23(12-19)32-15-31-22/h3-8,11-12H,9-10,13-15H2,1-2H3,(H,27,29). The Morgan fingerprint density at radius 3 is 2.45 bits per heavy atom. The Morgan fingerprint density at radius 2 is 1.73 bits per heavy atom. The third-order valence-corrected chi connectivity index (χ3v) is 5.38. The highest BCUT2D eigenvalue weighted by Gasteiger charge is 2.22. The normalized spacial score (nSPS) is 12.0. The van der Waals surface area contributed by atoms with Crippen LogP contribution >= 0.6 is 0 Å². The first-order valence-corrected chi connectivity index (χ1v) is 10.6. The van der Waals surface area contributed by atoms with Gasteiger partial charge < -0.3 is 24.1 Å². The first-order chi connectivity index (χ1) is 15.9. The Labute approximate surface area is 191 Å². The van der Waals surface area contributed by atoms with E-state index < -0.39 is 0 Å². The highest BCUT2D eigenvalue weighted by atomic mass is 19.1. The van der Waals surface area contributed by atoms with E-state index in [2.05, 4.69) is 5.32 Å². The molecule has 0 saturated heterocycles. The molecule has 0 radical (unpaired) electrons. The molecule has 0 atom stereocenters. The largest absolute Gasteiger partial charge is 0.466 e. The maximum absolute atomic E-state index is 13.3. The highest BCUT2D eigenvalue weighted by molar-refractivity contribution is 5.95. The minimum atomic E-state index is -0.346. The molecular formula is C25H25FN2O5. The number of rotatable bonds is 8. The summed E-state index contributed by atoms with van der Waals surface area (Å²) < 4.78 is 29.4. The van der Waals surface area contributed by atoms with E-state index in [0.717, 1.165) is 11.1 Å². The zero-order valence-electron chi connectivity index (χ0n) is 18.5. The number of furan rings is 1. The van der Waals surface area contributed by atoms with Crippen LogP contribution in [0.3, 0.4) is 0 Å². The predicted molar refractivity (Wildman–Crippen MR) is 118 cm³/mol. The topological polar surface area (TPSA) is 81.0 Å². The van der Waals surface area contributed by atoms with E-state index in [-0.39, 0.29) is 43.9 Å². The molecular weight excluding hydrogens is 427 g/mol. The van der Waals surface area contributed by atoms with Gasteiger partial charge in [-0.25, -0.2) is 4.39 Å². The number of halogens is 1. The number of nitrogens with zero attached hydrogens (tertiary/aromatic N) is 1. The average Bonchev–Trinajstić information content (AvgIpc) is 3.40. The van der Waals surface area contributed by atoms with E-state index in [1.807, 2.05) is 18.2 Å². The predicted octanol–water partition coefficient (Wildman–Crippen LogP) is 4.11. The van der Waals surface area contributed by atoms with Gasteiger partial charge in [0.1, 0.15) is 17.3 Å². The Balaban J connectivity index is 1.39. The number of carbonyl (C=O) groups is 2. The molecule has 8 heteroatoms. The van der Waals surface area contributed by atoms with E-state index >= 15 is 0 Å². The van der Waals surface area contributed by atoms with Crippen molar-refractivity contribution in [2.24, 2.45) is 0 Å². The summed E-state index contributed by atoms with van der Waals surface area (Å²) in [4.78, 5) is 27.3. The fraction of sp³-hybridized carbons (Fsp3) is 0.280. The SMILES string of the molecule is Cc1cc(C(=O)N(CCC(=O)NCc2ccc3c(c2)OCO3)Cc2ccc(F)cc2)c(C)o1. The number of fused-ring (bicyclic) bond motifs is 1. The lowest BCUT2D eigenvalue weighted by molar-refractivity contribution is -0.121. The van der Waals surface area contributed by atoms with Crippen LogP contribution in [-0.4, -0.2) is 30.1 Å². The molecule has 0 bridgehead atoms. The molecule has 4 rings (SSSR count). The molecule has 2 heterocycles. The lowest BCUT2D eigenvalue weighted by atomic mass is 10.1. The summed E-state index contributed by atoms with van der Waals surface area (Å²) >= 11 is 0. The fourth-order valence-electron chi connectivity index (χ4n) is 3.65. The van der Waals surface area contributed by atoms with Gasteiger partial charge in [0.15, 0.2) is 11.5 Å². The van der Waals surface area contributed by atoms with E-state index in [4.69, 9.17) is 13.9 Å². The summed E-state index contributed by atoms with van der Waals surface area (Å²) in [5.74, 6) is 1.73. The zero-order chi connectivity index (χ0) is 23.4. The third-order valence-electron chi connectivity index (χ3n) is 5.38. The van der Waals surface area contributed by atoms with Crippen LogP contribution in [0.4, 0.5) is 4.39 Å². The van der Waals surface area contributed by atoms with Crippen molar-refractivity contribution in [3.63, 3.8) is 0 Å². The third kappa shape index (κ3) is 5.52. The molecule has 0 fully saturated rings. The van der Waals surface area contributed by atoms with Gasteiger partial charge in [0.25, 0.3) is 5.91 Å². The van der Waals surface area contributed by atoms with Gasteiger partial charge in [0.05, 0.1) is 5.56 Å². The molecule has 1 aromatic heterocycles. The molecule has 2 amide bonds. The van der Waals surface area contributed by atoms with E-state index in [1.165, 1.54) is 12.1 Å². The smallest absolute Gasteiger partial charge is 0.257 e. The number of amides is 2. The van der Waals surface area contributed by atoms with Crippen LogP contribution < -0.4 is 14.8 Å². The number of hydrogen-bond donors (Lipinski definition) is 1. The van der Waals surface area contributed by atoms with Crippen molar-refractivity contribution in [3.8, 4) is 11.5 Å². The number of aryl methyl sites for hydroxylation is 2. The lowest BCUT2D eigenvalue weighted by Gasteiger charge is -2.22. The molecule has 0 spiro atoms. The van der Waals surface area contributed by atoms with Gasteiger partial charge in [0, 0.05) is 26.1 Å². The van der Waals surface area contributed by atoms with Crippen LogP contribution in [0.15, 0.2) is 52.9 Å². The summed E-state index contributed by atoms with van der Waals surface area (Å²) in [6.07, 6.45) is 0.118. The van der Waals surface area contributed by atoms with E-state index in [0.29, 0.717) is 35.1 Å². The second-order valence-corrected chi connectivity index (χ2v) is 7.89. The molecule has 0 aliphatic carbocycles. The molecule has 3 aromatic rings. The summed E-state index contributed by atoms with van der Waals surface area (Å²) in [6, 6.07) is 13.1. The van der Waals surface area contributed by atoms with Gasteiger partial charge in [-0.05, 0) is 55.3 Å². The first kappa shape index (κ1) is 22.4. The minimum absolute atomic E-state index is 0.118. The van der Waals surface area contributed by atoms with Gasteiger partial charge in [-0.3, -0.25) is 9.59 Å². The van der Waals surface area contributed by atoms with Crippen molar-refractivity contribution >= 4 is 11.8 Å². The minimum Gasteiger partial charge on any atom is -0.466 e. The summed E-state index contributed by atoms with van der Waals surface area (Å²) in [7, 11) is 0. The monoisotopic (exact) mass is 452 g/mol. The number of nitrogens with one attached hydrogen (secondary N) is 1. The van der Waals surface area contributed by atoms with Crippen molar-refractivity contribution < 1.29 is 27.9 Å². The van der Waals surface area contributed by atoms with E-state index in [9.17, 15) is 14.0 Å². The van der Waals surface area contributed by atoms with Crippen LogP contribution in [-0.2, 0) is 17.9 Å². The van der Waals surface area contributed by atoms with Gasteiger partial charge in [-0.1, -0.05) is 18.2 Å². The van der Waals surface area contributed by atoms with Crippen molar-refractivity contribution in [1.82, 2.24) is 10.2 Å². The second kappa shape index (κ2) is 9.77. The van der Waals surface area contributed by atoms with Crippen LogP contribution in [0.5, 0.6) is 11.5 Å². The number of carbonyl (C=O) groups excluding carboxylic acids is 2. The molecule has 172 valence electrons. The fourth-order valence-corrected chi connectivity index (χ4v) is 3.65. The van der Waals surface area contributed by atoms with E-state index in [1.54, 1.807) is 36.9 Å². The van der Waals surface area contributed by atoms with Crippen molar-refractivity contribution in [2.75, 3.05) is 13.3 Å². The van der Waals surface area contributed by atoms with Gasteiger partial charge in [-0.2, -0.15) is 0 Å². The Kier molecular flexibility index (Phi) is 6.63. The van der Waals surface area contributed by atoms with Gasteiger partial charge >= 0.3 is 0 Å². The van der Waals surface area contributed by atoms with Crippen LogP contribution in [0.1, 0.15) is 39.4 Å². The second-order valence-electron chi connectivity index (χ2n) is 7.89. The average molecular weight is 452 g/mol. The number of benzene rings is 2. The summed E-state index contributed by atoms with van der Waals surface area (Å²) in [6.45, 7) is 4.48. The molecule has 1 aliphatic rings. The molecule has 33 heavy (non-hydrogen) atoms. The first-order valence-electron chi connectivity index (χ1n) is 10.6. The number of hydrogen-bond acceptors (Lipinski definition) is 5. The van der Waals surface area contributed by atoms with Crippen molar-refractivity contribution in [1.29, 1.82) is 0 Å². The van der Waals surface area contributed by atoms with Gasteiger partial charge in [-0.15, -0.1) is 0 Å². The molecule has 0 unspecified atom stereocenters. The molecule has 2 aromatic carbocycles. The quantitative estimate of drug-likeness (QED) is 0.556. The molecule has 1 aliphatic heterocycles. The maximum Gasteiger partial charge on any atom is 0.257 e. The van der Waals surface area contributed by atoms with Gasteiger partial charge in [0.2, 0.25) is 12.7 Å². The highest BCUT2D eigenvalue weighted by Crippen LogP contribution is 2.32. The summed E-state index contributed by atoms with van der Waals surface area (Å²) in [5.41, 5.74) is 2.11. The lowest BCUT2D eigenvalue weighted by Crippen LogP contribution is -2.35. The van der Waals surface area contributed by atoms with Crippen molar-refractivity contribution in [3.05, 3.63) is 82.6 Å². The number of ether oxygens (including phenoxy) is 2. The molecule has 0 saturated carbocycles. The van der Waals surface area contributed by atoms with Crippen molar-refractivity contribution in [2.45, 2.75) is 33.4 Å². The zero-order valence-corrected chi connectivity index (χ0v) is 18.5. The Morgan fingerprint density at radius 1 is 1.00 bits per heavy atom. The molecule has 1 N–H and O–H groups in total. The van der Waals surface area contributed by atoms with Crippen LogP contribution in [0.25, 0.3) is 0 Å². The van der Waals surface area contributed by atoms with Crippen LogP contribution in [0.2, 0.25) is 0 Å². The Bertz CT molecular complexity index is 1160. The summed E-state index contributed by atoms with van der Waals surface area (Å²) in [5, 5.41) is 2.87.